The first-order valence-electron chi connectivity index (χ1n) is 8.55. The lowest BCUT2D eigenvalue weighted by atomic mass is 10.2. The Morgan fingerprint density at radius 2 is 1.76 bits per heavy atom. The minimum atomic E-state index is 0.169. The summed E-state index contributed by atoms with van der Waals surface area (Å²) in [5, 5.41) is 6.53. The molecule has 0 atom stereocenters. The van der Waals surface area contributed by atoms with Gasteiger partial charge in [0.25, 0.3) is 0 Å². The average molecular weight is 341 g/mol. The van der Waals surface area contributed by atoms with Gasteiger partial charge in [-0.25, -0.2) is 0 Å². The van der Waals surface area contributed by atoms with Crippen LogP contribution in [0.1, 0.15) is 19.4 Å². The molecular weight excluding hydrogens is 314 g/mol. The lowest BCUT2D eigenvalue weighted by molar-refractivity contribution is 0.242. The van der Waals surface area contributed by atoms with Crippen molar-refractivity contribution in [2.24, 2.45) is 4.99 Å². The number of para-hydroxylation sites is 1. The molecule has 2 N–H and O–H groups in total. The van der Waals surface area contributed by atoms with Crippen molar-refractivity contribution in [2.45, 2.75) is 26.5 Å². The maximum atomic E-state index is 5.72. The van der Waals surface area contributed by atoms with E-state index in [4.69, 9.17) is 9.47 Å². The third-order valence-corrected chi connectivity index (χ3v) is 3.36. The zero-order valence-corrected chi connectivity index (χ0v) is 15.2. The van der Waals surface area contributed by atoms with Gasteiger partial charge in [-0.2, -0.15) is 0 Å². The van der Waals surface area contributed by atoms with E-state index in [-0.39, 0.29) is 6.10 Å². The normalized spacial score (nSPS) is 11.3. The van der Waals surface area contributed by atoms with Crippen LogP contribution in [0.2, 0.25) is 0 Å². The molecule has 0 spiro atoms. The minimum Gasteiger partial charge on any atom is -0.492 e. The van der Waals surface area contributed by atoms with Crippen LogP contribution in [-0.2, 0) is 6.54 Å². The fourth-order valence-electron chi connectivity index (χ4n) is 2.26. The van der Waals surface area contributed by atoms with Gasteiger partial charge in [0.15, 0.2) is 5.96 Å². The molecule has 25 heavy (non-hydrogen) atoms. The number of guanidine groups is 1. The summed E-state index contributed by atoms with van der Waals surface area (Å²) < 4.78 is 11.4. The van der Waals surface area contributed by atoms with Crippen LogP contribution >= 0.6 is 0 Å². The van der Waals surface area contributed by atoms with Crippen molar-refractivity contribution in [3.8, 4) is 11.5 Å². The highest BCUT2D eigenvalue weighted by atomic mass is 16.5. The van der Waals surface area contributed by atoms with Crippen molar-refractivity contribution < 1.29 is 9.47 Å². The van der Waals surface area contributed by atoms with Crippen molar-refractivity contribution >= 4 is 5.96 Å². The summed E-state index contributed by atoms with van der Waals surface area (Å²) in [4.78, 5) is 4.23. The number of ether oxygens (including phenoxy) is 2. The third kappa shape index (κ3) is 7.16. The van der Waals surface area contributed by atoms with Crippen LogP contribution in [0.25, 0.3) is 0 Å². The molecule has 0 fully saturated rings. The first-order chi connectivity index (χ1) is 12.2. The fraction of sp³-hybridized carbons (Fsp3) is 0.350. The van der Waals surface area contributed by atoms with E-state index < -0.39 is 0 Å². The zero-order valence-electron chi connectivity index (χ0n) is 15.2. The van der Waals surface area contributed by atoms with Gasteiger partial charge in [0.2, 0.25) is 0 Å². The van der Waals surface area contributed by atoms with Crippen molar-refractivity contribution in [1.29, 1.82) is 0 Å². The topological polar surface area (TPSA) is 54.9 Å². The number of nitrogens with zero attached hydrogens (tertiary/aromatic N) is 1. The van der Waals surface area contributed by atoms with Gasteiger partial charge < -0.3 is 20.1 Å². The summed E-state index contributed by atoms with van der Waals surface area (Å²) in [5.41, 5.74) is 1.14. The Hall–Kier alpha value is -2.69. The van der Waals surface area contributed by atoms with E-state index in [1.54, 1.807) is 7.05 Å². The van der Waals surface area contributed by atoms with Crippen molar-refractivity contribution in [3.63, 3.8) is 0 Å². The Bertz CT molecular complexity index is 657. The molecule has 5 heteroatoms. The van der Waals surface area contributed by atoms with Gasteiger partial charge in [-0.15, -0.1) is 0 Å². The molecule has 0 saturated heterocycles. The quantitative estimate of drug-likeness (QED) is 0.440. The Labute approximate surface area is 150 Å². The smallest absolute Gasteiger partial charge is 0.191 e. The fourth-order valence-corrected chi connectivity index (χ4v) is 2.26. The number of rotatable bonds is 8. The van der Waals surface area contributed by atoms with Gasteiger partial charge >= 0.3 is 0 Å². The maximum absolute atomic E-state index is 5.72. The summed E-state index contributed by atoms with van der Waals surface area (Å²) in [6.45, 7) is 5.96. The van der Waals surface area contributed by atoms with Crippen LogP contribution in [0.4, 0.5) is 0 Å². The SMILES string of the molecule is CN=C(NCCOc1ccccc1)NCc1cccc(OC(C)C)c1. The van der Waals surface area contributed by atoms with Crippen LogP contribution in [-0.4, -0.2) is 32.3 Å². The molecule has 0 aliphatic rings. The molecule has 0 saturated carbocycles. The molecule has 0 aliphatic carbocycles. The standard InChI is InChI=1S/C20H27N3O2/c1-16(2)25-19-11-7-8-17(14-19)15-23-20(21-3)22-12-13-24-18-9-5-4-6-10-18/h4-11,14,16H,12-13,15H2,1-3H3,(H2,21,22,23). The predicted octanol–water partition coefficient (Wildman–Crippen LogP) is 3.22. The van der Waals surface area contributed by atoms with Crippen LogP contribution in [0.3, 0.4) is 0 Å². The van der Waals surface area contributed by atoms with Crippen LogP contribution in [0.15, 0.2) is 59.6 Å². The van der Waals surface area contributed by atoms with Gasteiger partial charge in [0.1, 0.15) is 18.1 Å². The lowest BCUT2D eigenvalue weighted by Crippen LogP contribution is -2.38. The van der Waals surface area contributed by atoms with Gasteiger partial charge in [-0.05, 0) is 43.7 Å². The van der Waals surface area contributed by atoms with Gasteiger partial charge in [0.05, 0.1) is 12.6 Å². The second-order valence-corrected chi connectivity index (χ2v) is 5.83. The molecule has 0 unspecified atom stereocenters. The molecule has 0 heterocycles. The number of hydrogen-bond acceptors (Lipinski definition) is 3. The van der Waals surface area contributed by atoms with Gasteiger partial charge in [0, 0.05) is 13.6 Å². The number of nitrogens with one attached hydrogen (secondary N) is 2. The number of hydrogen-bond donors (Lipinski definition) is 2. The number of benzene rings is 2. The first-order valence-corrected chi connectivity index (χ1v) is 8.55. The van der Waals surface area contributed by atoms with E-state index in [0.717, 1.165) is 23.0 Å². The molecule has 2 rings (SSSR count). The Morgan fingerprint density at radius 3 is 2.48 bits per heavy atom. The molecule has 0 aromatic heterocycles. The van der Waals surface area contributed by atoms with Gasteiger partial charge in [-0.1, -0.05) is 30.3 Å². The molecule has 0 bridgehead atoms. The minimum absolute atomic E-state index is 0.169. The highest BCUT2D eigenvalue weighted by Crippen LogP contribution is 2.14. The van der Waals surface area contributed by atoms with Gasteiger partial charge in [-0.3, -0.25) is 4.99 Å². The predicted molar refractivity (Wildman–Crippen MR) is 102 cm³/mol. The van der Waals surface area contributed by atoms with Crippen LogP contribution in [0, 0.1) is 0 Å². The highest BCUT2D eigenvalue weighted by Gasteiger charge is 2.02. The van der Waals surface area contributed by atoms with E-state index in [1.807, 2.05) is 62.4 Å². The van der Waals surface area contributed by atoms with Crippen molar-refractivity contribution in [1.82, 2.24) is 10.6 Å². The molecule has 5 nitrogen and oxygen atoms in total. The molecular formula is C20H27N3O2. The summed E-state index contributed by atoms with van der Waals surface area (Å²) in [6, 6.07) is 17.8. The lowest BCUT2D eigenvalue weighted by Gasteiger charge is -2.14. The van der Waals surface area contributed by atoms with E-state index in [2.05, 4.69) is 21.7 Å². The third-order valence-electron chi connectivity index (χ3n) is 3.36. The summed E-state index contributed by atoms with van der Waals surface area (Å²) >= 11 is 0. The summed E-state index contributed by atoms with van der Waals surface area (Å²) in [6.07, 6.45) is 0.169. The molecule has 2 aromatic rings. The molecule has 134 valence electrons. The van der Waals surface area contributed by atoms with E-state index in [1.165, 1.54) is 0 Å². The Kier molecular flexibility index (Phi) is 7.63. The van der Waals surface area contributed by atoms with Crippen molar-refractivity contribution in [2.75, 3.05) is 20.2 Å². The first kappa shape index (κ1) is 18.6. The Morgan fingerprint density at radius 1 is 1.00 bits per heavy atom. The highest BCUT2D eigenvalue weighted by molar-refractivity contribution is 5.79. The largest absolute Gasteiger partial charge is 0.492 e. The average Bonchev–Trinajstić information content (AvgIpc) is 2.62. The molecule has 0 radical (unpaired) electrons. The second-order valence-electron chi connectivity index (χ2n) is 5.83. The number of aliphatic imine (C=N–C) groups is 1. The van der Waals surface area contributed by atoms with E-state index in [9.17, 15) is 0 Å². The summed E-state index contributed by atoms with van der Waals surface area (Å²) in [7, 11) is 1.76. The van der Waals surface area contributed by atoms with Crippen molar-refractivity contribution in [3.05, 3.63) is 60.2 Å². The molecule has 2 aromatic carbocycles. The maximum Gasteiger partial charge on any atom is 0.191 e. The monoisotopic (exact) mass is 341 g/mol. The molecule has 0 aliphatic heterocycles. The zero-order chi connectivity index (χ0) is 17.9. The second kappa shape index (κ2) is 10.2. The van der Waals surface area contributed by atoms with E-state index >= 15 is 0 Å². The molecule has 0 amide bonds. The Balaban J connectivity index is 1.73. The van der Waals surface area contributed by atoms with Crippen LogP contribution in [0.5, 0.6) is 11.5 Å². The van der Waals surface area contributed by atoms with E-state index in [0.29, 0.717) is 19.7 Å². The summed E-state index contributed by atoms with van der Waals surface area (Å²) in [5.74, 6) is 2.49. The van der Waals surface area contributed by atoms with Crippen LogP contribution < -0.4 is 20.1 Å².